The summed E-state index contributed by atoms with van der Waals surface area (Å²) in [5, 5.41) is 2.63. The Bertz CT molecular complexity index is 1880. The van der Waals surface area contributed by atoms with Gasteiger partial charge in [0.05, 0.1) is 18.8 Å². The fraction of sp³-hybridized carbons (Fsp3) is 0.434. The Balaban J connectivity index is 0.000000176. The average Bonchev–Trinajstić information content (AvgIpc) is 3.95. The fourth-order valence-electron chi connectivity index (χ4n) is 10.2. The number of rotatable bonds is 14. The SMILES string of the molecule is C=CC.CC(OCC1c2ccccc2-c2ccccc21)C12CCC(CC1)C2.CCCCCCOC(C)C(CC)(c1ccccc1)c1cccc2ccccc12. The minimum Gasteiger partial charge on any atom is -0.377 e. The predicted octanol–water partition coefficient (Wildman–Crippen LogP) is 14.5. The normalized spacial score (nSPS) is 20.3. The highest BCUT2D eigenvalue weighted by molar-refractivity contribution is 5.87. The quantitative estimate of drug-likeness (QED) is 0.0835. The first-order chi connectivity index (χ1) is 26.9. The molecule has 2 saturated carbocycles. The second-order valence-corrected chi connectivity index (χ2v) is 16.4. The first kappa shape index (κ1) is 40.7. The van der Waals surface area contributed by atoms with Gasteiger partial charge in [0.2, 0.25) is 0 Å². The lowest BCUT2D eigenvalue weighted by Crippen LogP contribution is -2.40. The van der Waals surface area contributed by atoms with Gasteiger partial charge in [-0.1, -0.05) is 161 Å². The maximum atomic E-state index is 6.54. The number of hydrogen-bond donors (Lipinski definition) is 0. The Hall–Kier alpha value is -3.98. The highest BCUT2D eigenvalue weighted by atomic mass is 16.5. The molecule has 0 heterocycles. The zero-order chi connectivity index (χ0) is 38.7. The molecule has 2 nitrogen and oxygen atoms in total. The Morgan fingerprint density at radius 1 is 0.727 bits per heavy atom. The molecular weight excluding hydrogens is 669 g/mol. The first-order valence-corrected chi connectivity index (χ1v) is 21.4. The van der Waals surface area contributed by atoms with Crippen LogP contribution in [0.25, 0.3) is 21.9 Å². The molecule has 2 bridgehead atoms. The van der Waals surface area contributed by atoms with Gasteiger partial charge in [0, 0.05) is 17.9 Å². The van der Waals surface area contributed by atoms with E-state index in [1.165, 1.54) is 95.5 Å². The topological polar surface area (TPSA) is 18.5 Å². The molecule has 5 aromatic rings. The Labute approximate surface area is 333 Å². The van der Waals surface area contributed by atoms with Crippen LogP contribution in [0, 0.1) is 11.3 Å². The molecule has 3 aliphatic carbocycles. The van der Waals surface area contributed by atoms with Crippen molar-refractivity contribution in [3.63, 3.8) is 0 Å². The average molecular weight is 735 g/mol. The minimum absolute atomic E-state index is 0.104. The van der Waals surface area contributed by atoms with Crippen LogP contribution in [0.1, 0.15) is 127 Å². The third-order valence-electron chi connectivity index (χ3n) is 13.3. The molecule has 0 N–H and O–H groups in total. The standard InChI is InChI=1S/C27H34O.C23H26O.C3H6/c1-4-6-7-13-21-28-22(3)27(5-2,24-17-9-8-10-18-24)26-20-14-16-23-15-11-12-19-25(23)26;1-16(23-12-10-17(14-23)11-13-23)24-15-22-20-8-4-2-6-18(20)19-7-3-5-9-21(19)22;1-3-2/h8-12,14-20,22H,4-7,13,21H2,1-3H3;2-9,16-17,22H,10-15H2,1H3;3H,1H2,2H3. The zero-order valence-corrected chi connectivity index (χ0v) is 34.4. The molecule has 0 saturated heterocycles. The lowest BCUT2D eigenvalue weighted by molar-refractivity contribution is -0.0282. The van der Waals surface area contributed by atoms with Gasteiger partial charge in [-0.15, -0.1) is 6.58 Å². The van der Waals surface area contributed by atoms with Gasteiger partial charge in [0.1, 0.15) is 0 Å². The van der Waals surface area contributed by atoms with Crippen molar-refractivity contribution in [1.82, 2.24) is 0 Å². The highest BCUT2D eigenvalue weighted by Crippen LogP contribution is 2.57. The van der Waals surface area contributed by atoms with Crippen LogP contribution in [-0.4, -0.2) is 25.4 Å². The maximum absolute atomic E-state index is 6.54. The number of hydrogen-bond acceptors (Lipinski definition) is 2. The van der Waals surface area contributed by atoms with Crippen LogP contribution < -0.4 is 0 Å². The van der Waals surface area contributed by atoms with Crippen LogP contribution in [0.2, 0.25) is 0 Å². The van der Waals surface area contributed by atoms with Crippen molar-refractivity contribution in [2.24, 2.45) is 11.3 Å². The Morgan fingerprint density at radius 2 is 1.33 bits per heavy atom. The van der Waals surface area contributed by atoms with E-state index in [0.717, 1.165) is 32.0 Å². The smallest absolute Gasteiger partial charge is 0.0684 e. The van der Waals surface area contributed by atoms with Crippen molar-refractivity contribution < 1.29 is 9.47 Å². The van der Waals surface area contributed by atoms with Crippen LogP contribution in [-0.2, 0) is 14.9 Å². The summed E-state index contributed by atoms with van der Waals surface area (Å²) < 4.78 is 13.0. The molecule has 2 heteroatoms. The molecule has 2 fully saturated rings. The monoisotopic (exact) mass is 735 g/mol. The van der Waals surface area contributed by atoms with E-state index in [4.69, 9.17) is 9.47 Å². The maximum Gasteiger partial charge on any atom is 0.0684 e. The first-order valence-electron chi connectivity index (χ1n) is 21.4. The second-order valence-electron chi connectivity index (χ2n) is 16.4. The van der Waals surface area contributed by atoms with E-state index in [1.807, 2.05) is 6.92 Å². The second kappa shape index (κ2) is 19.2. The molecule has 8 rings (SSSR count). The summed E-state index contributed by atoms with van der Waals surface area (Å²) >= 11 is 0. The van der Waals surface area contributed by atoms with Crippen LogP contribution in [0.3, 0.4) is 0 Å². The number of benzene rings is 5. The lowest BCUT2D eigenvalue weighted by atomic mass is 9.67. The molecule has 3 atom stereocenters. The summed E-state index contributed by atoms with van der Waals surface area (Å²) in [5.74, 6) is 1.39. The molecule has 0 aliphatic heterocycles. The highest BCUT2D eigenvalue weighted by Gasteiger charge is 2.49. The van der Waals surface area contributed by atoms with E-state index >= 15 is 0 Å². The van der Waals surface area contributed by atoms with E-state index in [9.17, 15) is 0 Å². The van der Waals surface area contributed by atoms with Gasteiger partial charge in [-0.3, -0.25) is 0 Å². The van der Waals surface area contributed by atoms with E-state index in [2.05, 4.69) is 156 Å². The number of ether oxygens (including phenoxy) is 2. The predicted molar refractivity (Wildman–Crippen MR) is 235 cm³/mol. The van der Waals surface area contributed by atoms with Gasteiger partial charge in [-0.05, 0) is 121 Å². The van der Waals surface area contributed by atoms with Gasteiger partial charge in [0.25, 0.3) is 0 Å². The van der Waals surface area contributed by atoms with Crippen molar-refractivity contribution >= 4 is 10.8 Å². The van der Waals surface area contributed by atoms with E-state index < -0.39 is 0 Å². The van der Waals surface area contributed by atoms with Crippen molar-refractivity contribution in [3.8, 4) is 11.1 Å². The van der Waals surface area contributed by atoms with Crippen LogP contribution in [0.15, 0.2) is 134 Å². The van der Waals surface area contributed by atoms with Crippen molar-refractivity contribution in [2.75, 3.05) is 13.2 Å². The number of unbranched alkanes of at least 4 members (excludes halogenated alkanes) is 3. The summed E-state index contributed by atoms with van der Waals surface area (Å²) in [6.45, 7) is 16.0. The molecule has 3 aliphatic rings. The van der Waals surface area contributed by atoms with Crippen LogP contribution in [0.4, 0.5) is 0 Å². The van der Waals surface area contributed by atoms with Crippen molar-refractivity contribution in [3.05, 3.63) is 156 Å². The van der Waals surface area contributed by atoms with Gasteiger partial charge in [-0.2, -0.15) is 0 Å². The molecule has 5 aromatic carbocycles. The molecular formula is C53H66O2. The third kappa shape index (κ3) is 8.72. The Kier molecular flexibility index (Phi) is 14.2. The molecule has 3 unspecified atom stereocenters. The summed E-state index contributed by atoms with van der Waals surface area (Å²) in [4.78, 5) is 0. The van der Waals surface area contributed by atoms with E-state index in [1.54, 1.807) is 6.08 Å². The summed E-state index contributed by atoms with van der Waals surface area (Å²) in [5.41, 5.74) is 8.73. The van der Waals surface area contributed by atoms with Gasteiger partial charge < -0.3 is 9.47 Å². The fourth-order valence-corrected chi connectivity index (χ4v) is 10.2. The molecule has 0 amide bonds. The van der Waals surface area contributed by atoms with E-state index in [-0.39, 0.29) is 11.5 Å². The summed E-state index contributed by atoms with van der Waals surface area (Å²) in [6.07, 6.45) is 15.2. The number of allylic oxidation sites excluding steroid dienone is 1. The number of fused-ring (bicyclic) bond motifs is 6. The molecule has 0 aromatic heterocycles. The molecule has 0 radical (unpaired) electrons. The van der Waals surface area contributed by atoms with Gasteiger partial charge >= 0.3 is 0 Å². The van der Waals surface area contributed by atoms with Crippen molar-refractivity contribution in [2.45, 2.75) is 122 Å². The van der Waals surface area contributed by atoms with Crippen molar-refractivity contribution in [1.29, 1.82) is 0 Å². The van der Waals surface area contributed by atoms with Gasteiger partial charge in [-0.25, -0.2) is 0 Å². The molecule has 55 heavy (non-hydrogen) atoms. The summed E-state index contributed by atoms with van der Waals surface area (Å²) in [6, 6.07) is 44.1. The minimum atomic E-state index is -0.160. The van der Waals surface area contributed by atoms with Gasteiger partial charge in [0.15, 0.2) is 0 Å². The molecule has 290 valence electrons. The largest absolute Gasteiger partial charge is 0.377 e. The van der Waals surface area contributed by atoms with Crippen LogP contribution in [0.5, 0.6) is 0 Å². The van der Waals surface area contributed by atoms with Crippen LogP contribution >= 0.6 is 0 Å². The summed E-state index contributed by atoms with van der Waals surface area (Å²) in [7, 11) is 0. The zero-order valence-electron chi connectivity index (χ0n) is 34.4. The molecule has 0 spiro atoms. The van der Waals surface area contributed by atoms with E-state index in [0.29, 0.717) is 17.4 Å². The third-order valence-corrected chi connectivity index (χ3v) is 13.3. The Morgan fingerprint density at radius 3 is 1.95 bits per heavy atom. The lowest BCUT2D eigenvalue weighted by Gasteiger charge is -2.40.